The molecule has 0 spiro atoms. The van der Waals surface area contributed by atoms with Crippen molar-refractivity contribution in [2.75, 3.05) is 11.9 Å². The lowest BCUT2D eigenvalue weighted by molar-refractivity contribution is -0.143. The van der Waals surface area contributed by atoms with E-state index in [1.165, 1.54) is 22.3 Å². The molecular weight excluding hydrogens is 580 g/mol. The number of pyridine rings is 1. The molecule has 5 nitrogen and oxygen atoms in total. The molecule has 0 amide bonds. The molecule has 5 aromatic rings. The van der Waals surface area contributed by atoms with Gasteiger partial charge in [-0.05, 0) is 97.0 Å². The van der Waals surface area contributed by atoms with Gasteiger partial charge in [-0.1, -0.05) is 94.4 Å². The number of hydrogen-bond donors (Lipinski definition) is 1. The van der Waals surface area contributed by atoms with Crippen LogP contribution in [0.25, 0.3) is 5.52 Å². The molecule has 0 aliphatic heterocycles. The van der Waals surface area contributed by atoms with Gasteiger partial charge in [-0.2, -0.15) is 0 Å². The second kappa shape index (κ2) is 15.8. The van der Waals surface area contributed by atoms with Crippen LogP contribution in [0.3, 0.4) is 0 Å². The number of esters is 1. The summed E-state index contributed by atoms with van der Waals surface area (Å²) in [6.45, 7) is 11.2. The van der Waals surface area contributed by atoms with E-state index in [9.17, 15) is 9.59 Å². The SMILES string of the molecule is CCOC(=O)CCCc1cc(C(=O)c2cccc(NC(c3ccc(CC(C)C)cc3)c3ccc(CC(C)C)cc3)c2)c2ccccn12. The van der Waals surface area contributed by atoms with Crippen molar-refractivity contribution in [3.8, 4) is 0 Å². The Balaban J connectivity index is 1.42. The topological polar surface area (TPSA) is 59.8 Å². The molecule has 2 heterocycles. The zero-order valence-electron chi connectivity index (χ0n) is 28.5. The summed E-state index contributed by atoms with van der Waals surface area (Å²) < 4.78 is 7.15. The maximum atomic E-state index is 14.1. The monoisotopic (exact) mass is 628 g/mol. The standard InChI is InChI=1S/C42H48N2O3/c1-6-47-40(45)15-10-13-37-28-38(39-14-7-8-24-44(37)39)42(46)35-11-9-12-36(27-35)43-41(33-20-16-31(17-21-33)25-29(2)3)34-22-18-32(19-23-34)26-30(4)5/h7-9,11-12,14,16-24,27-30,41,43H,6,10,13,15,25-26H2,1-5H3. The molecule has 0 atom stereocenters. The fraction of sp³-hybridized carbons (Fsp3) is 0.333. The van der Waals surface area contributed by atoms with E-state index in [1.54, 1.807) is 0 Å². The maximum Gasteiger partial charge on any atom is 0.305 e. The van der Waals surface area contributed by atoms with E-state index < -0.39 is 0 Å². The number of nitrogens with zero attached hydrogens (tertiary/aromatic N) is 1. The minimum atomic E-state index is -0.190. The summed E-state index contributed by atoms with van der Waals surface area (Å²) in [6.07, 6.45) is 5.76. The Morgan fingerprint density at radius 2 is 1.40 bits per heavy atom. The number of hydrogen-bond acceptors (Lipinski definition) is 4. The highest BCUT2D eigenvalue weighted by atomic mass is 16.5. The fourth-order valence-electron chi connectivity index (χ4n) is 6.31. The van der Waals surface area contributed by atoms with Gasteiger partial charge in [-0.3, -0.25) is 9.59 Å². The van der Waals surface area contributed by atoms with Crippen molar-refractivity contribution in [1.29, 1.82) is 0 Å². The summed E-state index contributed by atoms with van der Waals surface area (Å²) in [7, 11) is 0. The second-order valence-corrected chi connectivity index (χ2v) is 13.3. The predicted octanol–water partition coefficient (Wildman–Crippen LogP) is 9.65. The summed E-state index contributed by atoms with van der Waals surface area (Å²) in [5.41, 5.74) is 9.07. The number of benzene rings is 3. The molecule has 244 valence electrons. The molecule has 47 heavy (non-hydrogen) atoms. The number of carbonyl (C=O) groups is 2. The van der Waals surface area contributed by atoms with E-state index in [1.807, 2.05) is 61.7 Å². The first kappa shape index (κ1) is 33.7. The number of nitrogens with one attached hydrogen (secondary N) is 1. The molecule has 0 bridgehead atoms. The molecule has 0 aliphatic rings. The highest BCUT2D eigenvalue weighted by Crippen LogP contribution is 2.30. The summed E-state index contributed by atoms with van der Waals surface area (Å²) >= 11 is 0. The van der Waals surface area contributed by atoms with Crippen molar-refractivity contribution < 1.29 is 14.3 Å². The van der Waals surface area contributed by atoms with E-state index in [4.69, 9.17) is 4.74 Å². The Labute approximate surface area is 280 Å². The van der Waals surface area contributed by atoms with Crippen LogP contribution in [-0.4, -0.2) is 22.8 Å². The molecule has 0 aliphatic carbocycles. The number of carbonyl (C=O) groups excluding carboxylic acids is 2. The maximum absolute atomic E-state index is 14.1. The van der Waals surface area contributed by atoms with E-state index in [0.717, 1.165) is 29.7 Å². The zero-order chi connectivity index (χ0) is 33.3. The highest BCUT2D eigenvalue weighted by Gasteiger charge is 2.20. The van der Waals surface area contributed by atoms with Gasteiger partial charge in [0.15, 0.2) is 5.78 Å². The quantitative estimate of drug-likeness (QED) is 0.0926. The van der Waals surface area contributed by atoms with Gasteiger partial charge in [0.1, 0.15) is 0 Å². The molecule has 5 rings (SSSR count). The van der Waals surface area contributed by atoms with Crippen LogP contribution in [0.5, 0.6) is 0 Å². The van der Waals surface area contributed by atoms with Gasteiger partial charge in [-0.25, -0.2) is 0 Å². The van der Waals surface area contributed by atoms with Gasteiger partial charge in [0, 0.05) is 35.1 Å². The van der Waals surface area contributed by atoms with Crippen LogP contribution in [0.1, 0.15) is 97.4 Å². The van der Waals surface area contributed by atoms with Crippen LogP contribution >= 0.6 is 0 Å². The van der Waals surface area contributed by atoms with Crippen LogP contribution in [0.15, 0.2) is 103 Å². The normalized spacial score (nSPS) is 11.5. The zero-order valence-corrected chi connectivity index (χ0v) is 28.5. The van der Waals surface area contributed by atoms with Crippen molar-refractivity contribution in [2.45, 2.75) is 72.8 Å². The van der Waals surface area contributed by atoms with E-state index in [-0.39, 0.29) is 17.8 Å². The number of aromatic nitrogens is 1. The van der Waals surface area contributed by atoms with Crippen molar-refractivity contribution >= 4 is 23.0 Å². The van der Waals surface area contributed by atoms with E-state index in [0.29, 0.717) is 48.8 Å². The lowest BCUT2D eigenvalue weighted by Gasteiger charge is -2.22. The third kappa shape index (κ3) is 8.79. The van der Waals surface area contributed by atoms with Crippen LogP contribution in [0.2, 0.25) is 0 Å². The van der Waals surface area contributed by atoms with Crippen molar-refractivity contribution in [1.82, 2.24) is 4.40 Å². The summed E-state index contributed by atoms with van der Waals surface area (Å²) in [5, 5.41) is 3.77. The summed E-state index contributed by atoms with van der Waals surface area (Å²) in [4.78, 5) is 26.0. The molecule has 2 aromatic heterocycles. The number of ketones is 1. The van der Waals surface area contributed by atoms with Gasteiger partial charge in [0.25, 0.3) is 0 Å². The van der Waals surface area contributed by atoms with Crippen LogP contribution in [0, 0.1) is 11.8 Å². The minimum absolute atomic E-state index is 0.0263. The summed E-state index contributed by atoms with van der Waals surface area (Å²) in [6, 6.07) is 33.5. The Bertz CT molecular complexity index is 1730. The highest BCUT2D eigenvalue weighted by molar-refractivity contribution is 6.13. The van der Waals surface area contributed by atoms with Gasteiger partial charge >= 0.3 is 5.97 Å². The molecule has 0 unspecified atom stereocenters. The fourth-order valence-corrected chi connectivity index (χ4v) is 6.31. The lowest BCUT2D eigenvalue weighted by Crippen LogP contribution is -2.13. The third-order valence-electron chi connectivity index (χ3n) is 8.47. The number of anilines is 1. The van der Waals surface area contributed by atoms with Crippen LogP contribution in [-0.2, 0) is 28.8 Å². The average Bonchev–Trinajstić information content (AvgIpc) is 3.42. The van der Waals surface area contributed by atoms with Gasteiger partial charge < -0.3 is 14.5 Å². The van der Waals surface area contributed by atoms with Crippen molar-refractivity contribution in [3.63, 3.8) is 0 Å². The van der Waals surface area contributed by atoms with Gasteiger partial charge in [0.2, 0.25) is 0 Å². The van der Waals surface area contributed by atoms with E-state index in [2.05, 4.69) is 85.9 Å². The van der Waals surface area contributed by atoms with Crippen molar-refractivity contribution in [2.24, 2.45) is 11.8 Å². The first-order valence-electron chi connectivity index (χ1n) is 17.0. The molecule has 0 radical (unpaired) electrons. The average molecular weight is 629 g/mol. The Morgan fingerprint density at radius 3 is 2.00 bits per heavy atom. The van der Waals surface area contributed by atoms with Crippen LogP contribution in [0.4, 0.5) is 5.69 Å². The first-order valence-corrected chi connectivity index (χ1v) is 17.0. The van der Waals surface area contributed by atoms with Crippen molar-refractivity contribution in [3.05, 3.63) is 142 Å². The van der Waals surface area contributed by atoms with E-state index >= 15 is 0 Å². The molecule has 3 aromatic carbocycles. The molecule has 0 saturated heterocycles. The lowest BCUT2D eigenvalue weighted by atomic mass is 9.93. The third-order valence-corrected chi connectivity index (χ3v) is 8.47. The molecule has 5 heteroatoms. The number of fused-ring (bicyclic) bond motifs is 1. The molecule has 1 N–H and O–H groups in total. The first-order chi connectivity index (χ1) is 22.7. The number of rotatable bonds is 15. The number of ether oxygens (including phenoxy) is 1. The summed E-state index contributed by atoms with van der Waals surface area (Å²) in [5.74, 6) is 0.983. The minimum Gasteiger partial charge on any atom is -0.466 e. The number of aryl methyl sites for hydroxylation is 1. The predicted molar refractivity (Wildman–Crippen MR) is 192 cm³/mol. The Hall–Kier alpha value is -4.64. The Kier molecular flexibility index (Phi) is 11.3. The largest absolute Gasteiger partial charge is 0.466 e. The smallest absolute Gasteiger partial charge is 0.305 e. The van der Waals surface area contributed by atoms with Crippen LogP contribution < -0.4 is 5.32 Å². The second-order valence-electron chi connectivity index (χ2n) is 13.3. The van der Waals surface area contributed by atoms with Gasteiger partial charge in [-0.15, -0.1) is 0 Å². The molecule has 0 saturated carbocycles. The molecular formula is C42H48N2O3. The molecule has 0 fully saturated rings. The Morgan fingerprint density at radius 1 is 0.766 bits per heavy atom. The van der Waals surface area contributed by atoms with Gasteiger partial charge in [0.05, 0.1) is 18.2 Å².